The van der Waals surface area contributed by atoms with Crippen LogP contribution in [0.5, 0.6) is 0 Å². The Morgan fingerprint density at radius 3 is 2.82 bits per heavy atom. The Labute approximate surface area is 127 Å². The summed E-state index contributed by atoms with van der Waals surface area (Å²) < 4.78 is 44.0. The molecular weight excluding hydrogens is 297 g/mol. The zero-order chi connectivity index (χ0) is 16.3. The maximum absolute atomic E-state index is 13.0. The molecule has 1 heterocycles. The van der Waals surface area contributed by atoms with Gasteiger partial charge in [0.05, 0.1) is 18.4 Å². The van der Waals surface area contributed by atoms with Crippen molar-refractivity contribution in [1.82, 2.24) is 0 Å². The van der Waals surface area contributed by atoms with Crippen LogP contribution in [0.15, 0.2) is 23.5 Å². The van der Waals surface area contributed by atoms with Crippen molar-refractivity contribution in [3.8, 4) is 0 Å². The number of carbonyl (C=O) groups excluding carboxylic acids is 1. The Balaban J connectivity index is 2.00. The Hall–Kier alpha value is -1.30. The molecule has 0 aromatic carbocycles. The zero-order valence-electron chi connectivity index (χ0n) is 12.5. The van der Waals surface area contributed by atoms with Gasteiger partial charge >= 0.3 is 12.1 Å². The molecule has 3 nitrogen and oxygen atoms in total. The van der Waals surface area contributed by atoms with Crippen LogP contribution in [-0.2, 0) is 9.53 Å². The molecule has 124 valence electrons. The van der Waals surface area contributed by atoms with E-state index in [9.17, 15) is 23.1 Å². The molecule has 2 aliphatic rings. The van der Waals surface area contributed by atoms with Crippen LogP contribution < -0.4 is 0 Å². The average Bonchev–Trinajstić information content (AvgIpc) is 2.94. The number of aliphatic hydroxyl groups is 1. The minimum absolute atomic E-state index is 0.0777. The highest BCUT2D eigenvalue weighted by molar-refractivity contribution is 5.77. The molecule has 0 amide bonds. The van der Waals surface area contributed by atoms with Gasteiger partial charge in [0.25, 0.3) is 0 Å². The summed E-state index contributed by atoms with van der Waals surface area (Å²) in [5.41, 5.74) is 0.852. The van der Waals surface area contributed by atoms with Gasteiger partial charge in [-0.3, -0.25) is 4.79 Å². The van der Waals surface area contributed by atoms with Gasteiger partial charge < -0.3 is 9.84 Å². The minimum Gasteiger partial charge on any atom is -0.431 e. The second-order valence-electron chi connectivity index (χ2n) is 5.91. The molecule has 6 heteroatoms. The second-order valence-corrected chi connectivity index (χ2v) is 5.91. The highest BCUT2D eigenvalue weighted by atomic mass is 19.4. The quantitative estimate of drug-likeness (QED) is 0.597. The third-order valence-corrected chi connectivity index (χ3v) is 4.30. The van der Waals surface area contributed by atoms with E-state index in [1.54, 1.807) is 6.08 Å². The number of rotatable bonds is 6. The number of esters is 1. The molecule has 1 aliphatic heterocycles. The number of carbonyl (C=O) groups is 1. The smallest absolute Gasteiger partial charge is 0.394 e. The molecule has 0 fully saturated rings. The number of hydrogen-bond acceptors (Lipinski definition) is 3. The molecule has 0 bridgehead atoms. The Bertz CT molecular complexity index is 480. The molecule has 0 spiro atoms. The lowest BCUT2D eigenvalue weighted by molar-refractivity contribution is -0.195. The van der Waals surface area contributed by atoms with E-state index >= 15 is 0 Å². The first-order valence-electron chi connectivity index (χ1n) is 7.68. The number of ether oxygens (including phenoxy) is 1. The molecule has 0 aromatic heterocycles. The largest absolute Gasteiger partial charge is 0.431 e. The molecule has 22 heavy (non-hydrogen) atoms. The molecule has 2 rings (SSSR count). The van der Waals surface area contributed by atoms with Gasteiger partial charge in [0, 0.05) is 12.3 Å². The fraction of sp³-hybridized carbons (Fsp3) is 0.688. The van der Waals surface area contributed by atoms with Crippen molar-refractivity contribution < 1.29 is 27.8 Å². The van der Waals surface area contributed by atoms with E-state index in [1.165, 1.54) is 6.08 Å². The lowest BCUT2D eigenvalue weighted by atomic mass is 9.92. The first-order chi connectivity index (χ1) is 10.3. The number of hydrogen-bond donors (Lipinski definition) is 1. The van der Waals surface area contributed by atoms with Crippen molar-refractivity contribution in [3.05, 3.63) is 23.5 Å². The summed E-state index contributed by atoms with van der Waals surface area (Å²) in [5, 5.41) is 9.90. The maximum atomic E-state index is 13.0. The van der Waals surface area contributed by atoms with Crippen LogP contribution in [-0.4, -0.2) is 23.4 Å². The molecule has 0 saturated carbocycles. The van der Waals surface area contributed by atoms with E-state index < -0.39 is 18.2 Å². The minimum atomic E-state index is -4.41. The zero-order valence-corrected chi connectivity index (χ0v) is 12.5. The van der Waals surface area contributed by atoms with Crippen molar-refractivity contribution in [3.63, 3.8) is 0 Å². The van der Waals surface area contributed by atoms with Crippen molar-refractivity contribution in [2.45, 2.75) is 57.7 Å². The number of allylic oxidation sites excluding steroid dienone is 2. The van der Waals surface area contributed by atoms with Crippen LogP contribution in [0.1, 0.15) is 45.4 Å². The topological polar surface area (TPSA) is 46.5 Å². The first-order valence-corrected chi connectivity index (χ1v) is 7.68. The molecule has 0 radical (unpaired) electrons. The van der Waals surface area contributed by atoms with Crippen molar-refractivity contribution in [1.29, 1.82) is 0 Å². The number of alkyl halides is 3. The van der Waals surface area contributed by atoms with Crippen LogP contribution in [0.2, 0.25) is 0 Å². The van der Waals surface area contributed by atoms with Gasteiger partial charge in [0.15, 0.2) is 0 Å². The summed E-state index contributed by atoms with van der Waals surface area (Å²) in [4.78, 5) is 11.2. The van der Waals surface area contributed by atoms with E-state index in [-0.39, 0.29) is 24.7 Å². The lowest BCUT2D eigenvalue weighted by Gasteiger charge is -2.23. The van der Waals surface area contributed by atoms with Crippen LogP contribution in [0.25, 0.3) is 0 Å². The summed E-state index contributed by atoms with van der Waals surface area (Å²) in [6.07, 6.45) is -0.573. The molecule has 3 atom stereocenters. The predicted molar refractivity (Wildman–Crippen MR) is 74.7 cm³/mol. The maximum Gasteiger partial charge on any atom is 0.394 e. The summed E-state index contributed by atoms with van der Waals surface area (Å²) in [7, 11) is 0. The summed E-state index contributed by atoms with van der Waals surface area (Å²) in [6.45, 7) is 1.82. The van der Waals surface area contributed by atoms with Crippen LogP contribution in [0.4, 0.5) is 13.2 Å². The highest BCUT2D eigenvalue weighted by Gasteiger charge is 2.43. The van der Waals surface area contributed by atoms with E-state index in [0.717, 1.165) is 5.57 Å². The van der Waals surface area contributed by atoms with E-state index in [0.29, 0.717) is 31.4 Å². The molecule has 3 unspecified atom stereocenters. The van der Waals surface area contributed by atoms with Gasteiger partial charge in [0.1, 0.15) is 5.76 Å². The standard InChI is InChI=1S/C16H21F3O3/c1-2-3-4-12(16(17,18)19)13(20)7-5-10-6-8-14-11(10)9-15(21)22-14/h5,7,10,12-13,20H,2-4,6,8-9H2,1H3/b7-5+. The Morgan fingerprint density at radius 2 is 2.18 bits per heavy atom. The second kappa shape index (κ2) is 6.86. The van der Waals surface area contributed by atoms with Gasteiger partial charge in [-0.2, -0.15) is 13.2 Å². The third-order valence-electron chi connectivity index (χ3n) is 4.30. The number of unbranched alkanes of at least 4 members (excludes halogenated alkanes) is 1. The first kappa shape index (κ1) is 17.1. The number of halogens is 3. The van der Waals surface area contributed by atoms with Crippen LogP contribution in [0, 0.1) is 11.8 Å². The monoisotopic (exact) mass is 318 g/mol. The highest BCUT2D eigenvalue weighted by Crippen LogP contribution is 2.40. The van der Waals surface area contributed by atoms with E-state index in [1.807, 2.05) is 6.92 Å². The molecule has 0 aromatic rings. The van der Waals surface area contributed by atoms with Gasteiger partial charge in [-0.05, 0) is 18.4 Å². The Morgan fingerprint density at radius 1 is 1.45 bits per heavy atom. The predicted octanol–water partition coefficient (Wildman–Crippen LogP) is 3.88. The molecule has 1 aliphatic carbocycles. The van der Waals surface area contributed by atoms with Crippen LogP contribution in [0.3, 0.4) is 0 Å². The fourth-order valence-electron chi connectivity index (χ4n) is 3.05. The third kappa shape index (κ3) is 3.91. The lowest BCUT2D eigenvalue weighted by Crippen LogP contribution is -2.33. The SMILES string of the molecule is CCCCC(C(O)/C=C/C1CCC2=C1CC(=O)O2)C(F)(F)F. The average molecular weight is 318 g/mol. The summed E-state index contributed by atoms with van der Waals surface area (Å²) >= 11 is 0. The van der Waals surface area contributed by atoms with Gasteiger partial charge in [-0.25, -0.2) is 0 Å². The molecular formula is C16H21F3O3. The van der Waals surface area contributed by atoms with E-state index in [4.69, 9.17) is 4.74 Å². The Kier molecular flexibility index (Phi) is 5.32. The van der Waals surface area contributed by atoms with Crippen LogP contribution >= 0.6 is 0 Å². The summed E-state index contributed by atoms with van der Waals surface area (Å²) in [6, 6.07) is 0. The van der Waals surface area contributed by atoms with Gasteiger partial charge in [0.2, 0.25) is 0 Å². The normalized spacial score (nSPS) is 24.8. The van der Waals surface area contributed by atoms with Crippen molar-refractivity contribution in [2.24, 2.45) is 11.8 Å². The van der Waals surface area contributed by atoms with Gasteiger partial charge in [-0.15, -0.1) is 0 Å². The number of aliphatic hydroxyl groups excluding tert-OH is 1. The fourth-order valence-corrected chi connectivity index (χ4v) is 3.05. The molecule has 0 saturated heterocycles. The van der Waals surface area contributed by atoms with Gasteiger partial charge in [-0.1, -0.05) is 31.9 Å². The molecule has 1 N–H and O–H groups in total. The van der Waals surface area contributed by atoms with E-state index in [2.05, 4.69) is 0 Å². The van der Waals surface area contributed by atoms with Crippen molar-refractivity contribution >= 4 is 5.97 Å². The summed E-state index contributed by atoms with van der Waals surface area (Å²) in [5.74, 6) is -1.48. The van der Waals surface area contributed by atoms with Crippen molar-refractivity contribution in [2.75, 3.05) is 0 Å².